The predicted octanol–water partition coefficient (Wildman–Crippen LogP) is 3.92. The lowest BCUT2D eigenvalue weighted by atomic mass is 9.96. The molecule has 0 aromatic heterocycles. The topological polar surface area (TPSA) is 133 Å². The monoisotopic (exact) mass is 497 g/mol. The Morgan fingerprint density at radius 2 is 1.65 bits per heavy atom. The summed E-state index contributed by atoms with van der Waals surface area (Å²) in [5, 5.41) is 5.05. The van der Waals surface area contributed by atoms with Crippen molar-refractivity contribution in [2.75, 3.05) is 19.0 Å². The lowest BCUT2D eigenvalue weighted by Gasteiger charge is -2.18. The van der Waals surface area contributed by atoms with E-state index in [1.165, 1.54) is 14.0 Å². The summed E-state index contributed by atoms with van der Waals surface area (Å²) in [5.74, 6) is -1.07. The fourth-order valence-electron chi connectivity index (χ4n) is 3.17. The first-order chi connectivity index (χ1) is 15.6. The van der Waals surface area contributed by atoms with Gasteiger partial charge in [0.2, 0.25) is 5.91 Å². The number of Topliss-reactive ketones (excluding diaryl/α,β-unsaturated/α-hetero) is 1. The molecule has 9 nitrogen and oxygen atoms in total. The molecule has 1 amide bonds. The van der Waals surface area contributed by atoms with Crippen LogP contribution in [-0.2, 0) is 34.5 Å². The number of methoxy groups -OCH3 is 1. The zero-order valence-corrected chi connectivity index (χ0v) is 19.9. The summed E-state index contributed by atoms with van der Waals surface area (Å²) in [6.45, 7) is 5.20. The van der Waals surface area contributed by atoms with Crippen LogP contribution in [0.5, 0.6) is 0 Å². The van der Waals surface area contributed by atoms with E-state index >= 15 is 0 Å². The van der Waals surface area contributed by atoms with Crippen LogP contribution in [-0.4, -0.2) is 50.1 Å². The van der Waals surface area contributed by atoms with E-state index in [1.807, 2.05) is 43.3 Å². The molecular formula is C24H35NO8S. The van der Waals surface area contributed by atoms with Crippen molar-refractivity contribution >= 4 is 44.7 Å². The molecule has 0 saturated carbocycles. The average Bonchev–Trinajstić information content (AvgIpc) is 2.74. The zero-order valence-electron chi connectivity index (χ0n) is 19.1. The molecule has 10 heteroatoms. The van der Waals surface area contributed by atoms with Crippen molar-refractivity contribution in [3.05, 3.63) is 42.0 Å². The highest BCUT2D eigenvalue weighted by Crippen LogP contribution is 2.27. The maximum absolute atomic E-state index is 13.0. The average molecular weight is 498 g/mol. The second-order valence-electron chi connectivity index (χ2n) is 7.44. The van der Waals surface area contributed by atoms with Crippen LogP contribution in [0.2, 0.25) is 0 Å². The van der Waals surface area contributed by atoms with Crippen LogP contribution in [0.3, 0.4) is 0 Å². The number of amides is 1. The van der Waals surface area contributed by atoms with Gasteiger partial charge in [-0.05, 0) is 50.6 Å². The third-order valence-corrected chi connectivity index (χ3v) is 4.98. The summed E-state index contributed by atoms with van der Waals surface area (Å²) in [5.41, 5.74) is 1.81. The Bertz CT molecular complexity index is 1080. The Morgan fingerprint density at radius 3 is 2.21 bits per heavy atom. The van der Waals surface area contributed by atoms with Crippen LogP contribution in [0.15, 0.2) is 36.4 Å². The molecule has 0 aliphatic rings. The van der Waals surface area contributed by atoms with Gasteiger partial charge in [-0.15, -0.1) is 12.6 Å². The summed E-state index contributed by atoms with van der Waals surface area (Å²) in [6.07, 6.45) is 0.390. The number of anilines is 1. The number of fused-ring (bicyclic) bond motifs is 1. The van der Waals surface area contributed by atoms with Gasteiger partial charge in [0.1, 0.15) is 5.78 Å². The lowest BCUT2D eigenvalue weighted by Crippen LogP contribution is -2.27. The first-order valence-electron chi connectivity index (χ1n) is 10.3. The van der Waals surface area contributed by atoms with Crippen LogP contribution >= 0.6 is 0 Å². The Balaban J connectivity index is 0. The minimum absolute atomic E-state index is 0. The molecule has 2 atom stereocenters. The van der Waals surface area contributed by atoms with E-state index in [0.717, 1.165) is 22.0 Å². The smallest absolute Gasteiger partial charge is 0.425 e. The van der Waals surface area contributed by atoms with Gasteiger partial charge in [0.05, 0.1) is 6.61 Å². The Labute approximate surface area is 203 Å². The highest BCUT2D eigenvalue weighted by atomic mass is 32.2. The molecule has 2 aromatic carbocycles. The molecule has 0 radical (unpaired) electrons. The number of ketones is 1. The molecular weight excluding hydrogens is 462 g/mol. The molecule has 2 aromatic rings. The first-order valence-corrected chi connectivity index (χ1v) is 11.3. The number of nitrogens with one attached hydrogen (secondary N) is 1. The van der Waals surface area contributed by atoms with Crippen molar-refractivity contribution in [1.29, 1.82) is 0 Å². The van der Waals surface area contributed by atoms with Gasteiger partial charge in [-0.1, -0.05) is 37.8 Å². The van der Waals surface area contributed by atoms with E-state index in [2.05, 4.69) is 5.32 Å². The van der Waals surface area contributed by atoms with Crippen molar-refractivity contribution in [1.82, 2.24) is 0 Å². The van der Waals surface area contributed by atoms with Crippen LogP contribution in [0.1, 0.15) is 47.5 Å². The third kappa shape index (κ3) is 10.7. The summed E-state index contributed by atoms with van der Waals surface area (Å²) in [4.78, 5) is 36.1. The zero-order chi connectivity index (χ0) is 25.0. The second kappa shape index (κ2) is 15.7. The maximum Gasteiger partial charge on any atom is 0.425 e. The Morgan fingerprint density at radius 1 is 1.06 bits per heavy atom. The third-order valence-electron chi connectivity index (χ3n) is 4.98. The SMILES string of the molecule is C.COC(C)C(=O)OCCC(CCC(C)=O)C(=O)Nc1cccc2cccc(C)c12.O=S(=O)=O.[HH]. The number of ether oxygens (including phenoxy) is 2. The fraction of sp³-hybridized carbons (Fsp3) is 0.458. The molecule has 0 saturated heterocycles. The van der Waals surface area contributed by atoms with Crippen LogP contribution in [0.25, 0.3) is 10.8 Å². The van der Waals surface area contributed by atoms with Crippen molar-refractivity contribution in [3.8, 4) is 0 Å². The number of carbonyl (C=O) groups excluding carboxylic acids is 3. The highest BCUT2D eigenvalue weighted by Gasteiger charge is 2.22. The number of carbonyl (C=O) groups is 3. The largest absolute Gasteiger partial charge is 0.464 e. The molecule has 0 bridgehead atoms. The summed E-state index contributed by atoms with van der Waals surface area (Å²) < 4.78 is 35.5. The van der Waals surface area contributed by atoms with Crippen molar-refractivity contribution in [3.63, 3.8) is 0 Å². The van der Waals surface area contributed by atoms with Gasteiger partial charge in [-0.25, -0.2) is 4.79 Å². The van der Waals surface area contributed by atoms with Gasteiger partial charge in [0.15, 0.2) is 6.10 Å². The summed E-state index contributed by atoms with van der Waals surface area (Å²) in [7, 11) is -1.68. The number of esters is 1. The lowest BCUT2D eigenvalue weighted by molar-refractivity contribution is -0.155. The molecule has 0 heterocycles. The van der Waals surface area contributed by atoms with E-state index < -0.39 is 28.6 Å². The van der Waals surface area contributed by atoms with E-state index in [0.29, 0.717) is 19.3 Å². The van der Waals surface area contributed by atoms with E-state index in [-0.39, 0.29) is 27.2 Å². The standard InChI is InChI=1S/C23H29NO5.CH4.O3S.H2/c1-15-7-5-8-18-9-6-10-20(21(15)18)24-22(26)19(12-11-16(2)25)13-14-29-23(27)17(3)28-4;;1-4(2)3;/h5-10,17,19H,11-14H2,1-4H3,(H,24,26);1H4;;1H. The molecule has 190 valence electrons. The molecule has 0 fully saturated rings. The van der Waals surface area contributed by atoms with Gasteiger partial charge in [-0.2, -0.15) is 0 Å². The van der Waals surface area contributed by atoms with Crippen molar-refractivity contribution in [2.24, 2.45) is 5.92 Å². The minimum Gasteiger partial charge on any atom is -0.464 e. The highest BCUT2D eigenvalue weighted by molar-refractivity contribution is 7.59. The quantitative estimate of drug-likeness (QED) is 0.488. The fourth-order valence-corrected chi connectivity index (χ4v) is 3.17. The van der Waals surface area contributed by atoms with Gasteiger partial charge in [0, 0.05) is 31.9 Å². The van der Waals surface area contributed by atoms with Gasteiger partial charge in [0.25, 0.3) is 0 Å². The molecule has 1 N–H and O–H groups in total. The van der Waals surface area contributed by atoms with Crippen LogP contribution in [0.4, 0.5) is 5.69 Å². The van der Waals surface area contributed by atoms with Crippen LogP contribution < -0.4 is 5.32 Å². The minimum atomic E-state index is -3.11. The predicted molar refractivity (Wildman–Crippen MR) is 131 cm³/mol. The number of benzene rings is 2. The second-order valence-corrected chi connectivity index (χ2v) is 7.85. The number of hydrogen-bond acceptors (Lipinski definition) is 8. The molecule has 2 unspecified atom stereocenters. The number of rotatable bonds is 10. The molecule has 2 rings (SSSR count). The normalized spacial score (nSPS) is 11.8. The molecule has 0 aliphatic heterocycles. The molecule has 0 spiro atoms. The number of aryl methyl sites for hydroxylation is 1. The Hall–Kier alpha value is -3.11. The van der Waals surface area contributed by atoms with Gasteiger partial charge in [-0.3, -0.25) is 4.79 Å². The van der Waals surface area contributed by atoms with E-state index in [1.54, 1.807) is 6.92 Å². The first kappa shape index (κ1) is 30.9. The Kier molecular flexibility index (Phi) is 14.2. The maximum atomic E-state index is 13.0. The summed E-state index contributed by atoms with van der Waals surface area (Å²) in [6, 6.07) is 11.8. The van der Waals surface area contributed by atoms with Crippen molar-refractivity contribution < 1.29 is 37.9 Å². The van der Waals surface area contributed by atoms with Crippen LogP contribution in [0, 0.1) is 12.8 Å². The molecule has 0 aliphatic carbocycles. The van der Waals surface area contributed by atoms with Gasteiger partial charge >= 0.3 is 16.6 Å². The van der Waals surface area contributed by atoms with E-state index in [4.69, 9.17) is 22.1 Å². The van der Waals surface area contributed by atoms with Crippen molar-refractivity contribution in [2.45, 2.75) is 53.6 Å². The van der Waals surface area contributed by atoms with Gasteiger partial charge < -0.3 is 19.6 Å². The molecule has 34 heavy (non-hydrogen) atoms. The summed E-state index contributed by atoms with van der Waals surface area (Å²) >= 11 is 0. The number of hydrogen-bond donors (Lipinski definition) is 1. The van der Waals surface area contributed by atoms with E-state index in [9.17, 15) is 14.4 Å².